The summed E-state index contributed by atoms with van der Waals surface area (Å²) in [5, 5.41) is 26.7. The predicted octanol–water partition coefficient (Wildman–Crippen LogP) is 4.46. The van der Waals surface area contributed by atoms with Gasteiger partial charge in [0.2, 0.25) is 5.60 Å². The lowest BCUT2D eigenvalue weighted by atomic mass is 9.88. The first-order valence-corrected chi connectivity index (χ1v) is 9.77. The number of rotatable bonds is 7. The van der Waals surface area contributed by atoms with Crippen molar-refractivity contribution < 1.29 is 28.2 Å². The molecule has 3 aromatic rings. The third-order valence-corrected chi connectivity index (χ3v) is 5.55. The fourth-order valence-corrected chi connectivity index (χ4v) is 4.16. The summed E-state index contributed by atoms with van der Waals surface area (Å²) >= 11 is 0. The van der Waals surface area contributed by atoms with Crippen LogP contribution in [-0.4, -0.2) is 32.1 Å². The number of hydrogen-bond acceptors (Lipinski definition) is 5. The van der Waals surface area contributed by atoms with Gasteiger partial charge in [-0.3, -0.25) is 9.48 Å². The van der Waals surface area contributed by atoms with Gasteiger partial charge in [-0.15, -0.1) is 0 Å². The largest absolute Gasteiger partial charge is 0.481 e. The van der Waals surface area contributed by atoms with Gasteiger partial charge in [-0.2, -0.15) is 23.2 Å². The number of hydrogen-bond donors (Lipinski definition) is 2. The Morgan fingerprint density at radius 1 is 1.16 bits per heavy atom. The van der Waals surface area contributed by atoms with Crippen molar-refractivity contribution in [3.8, 4) is 22.3 Å². The molecule has 0 fully saturated rings. The van der Waals surface area contributed by atoms with Crippen molar-refractivity contribution in [2.75, 3.05) is 0 Å². The van der Waals surface area contributed by atoms with Gasteiger partial charge in [0.15, 0.2) is 0 Å². The second kappa shape index (κ2) is 7.86. The number of benzene rings is 2. The van der Waals surface area contributed by atoms with Crippen molar-refractivity contribution >= 4 is 5.97 Å². The zero-order chi connectivity index (χ0) is 23.1. The van der Waals surface area contributed by atoms with Crippen LogP contribution in [0.2, 0.25) is 0 Å². The van der Waals surface area contributed by atoms with E-state index in [2.05, 4.69) is 10.3 Å². The average Bonchev–Trinajstić information content (AvgIpc) is 3.30. The summed E-state index contributed by atoms with van der Waals surface area (Å²) in [7, 11) is 0. The second-order valence-electron chi connectivity index (χ2n) is 7.60. The molecule has 0 amide bonds. The number of carboxylic acids is 1. The van der Waals surface area contributed by atoms with E-state index in [1.807, 2.05) is 0 Å². The Morgan fingerprint density at radius 2 is 1.91 bits per heavy atom. The maximum Gasteiger partial charge on any atom is 0.425 e. The number of aliphatic carboxylic acids is 1. The van der Waals surface area contributed by atoms with E-state index in [1.165, 1.54) is 35.1 Å². The molecule has 0 bridgehead atoms. The smallest absolute Gasteiger partial charge is 0.425 e. The molecule has 1 unspecified atom stereocenters. The molecule has 1 heterocycles. The minimum absolute atomic E-state index is 0.0446. The van der Waals surface area contributed by atoms with Crippen molar-refractivity contribution in [3.63, 3.8) is 0 Å². The number of aromatic nitrogens is 2. The summed E-state index contributed by atoms with van der Waals surface area (Å²) in [5.41, 5.74) is -2.35. The Hall–Kier alpha value is -3.53. The first kappa shape index (κ1) is 21.7. The van der Waals surface area contributed by atoms with Crippen LogP contribution >= 0.6 is 0 Å². The summed E-state index contributed by atoms with van der Waals surface area (Å²) in [5.74, 6) is -0.938. The van der Waals surface area contributed by atoms with Gasteiger partial charge in [0, 0.05) is 35.9 Å². The van der Waals surface area contributed by atoms with E-state index in [0.29, 0.717) is 24.1 Å². The Bertz CT molecular complexity index is 1210. The maximum absolute atomic E-state index is 14.2. The fraction of sp³-hybridized carbons (Fsp3) is 0.273. The minimum Gasteiger partial charge on any atom is -0.481 e. The molecule has 0 aliphatic heterocycles. The van der Waals surface area contributed by atoms with Crippen LogP contribution in [0.25, 0.3) is 22.3 Å². The summed E-state index contributed by atoms with van der Waals surface area (Å²) in [4.78, 5) is 21.6. The second-order valence-corrected chi connectivity index (χ2v) is 7.60. The van der Waals surface area contributed by atoms with Crippen LogP contribution in [0.4, 0.5) is 13.2 Å². The van der Waals surface area contributed by atoms with Gasteiger partial charge >= 0.3 is 12.1 Å². The molecule has 4 rings (SSSR count). The highest BCUT2D eigenvalue weighted by molar-refractivity contribution is 5.92. The number of nitrogens with zero attached hydrogens (tertiary/aromatic N) is 3. The molecule has 1 atom stereocenters. The van der Waals surface area contributed by atoms with Gasteiger partial charge in [0.05, 0.1) is 6.20 Å². The summed E-state index contributed by atoms with van der Waals surface area (Å²) in [6.07, 6.45) is -1.65. The molecule has 166 valence electrons. The molecule has 32 heavy (non-hydrogen) atoms. The lowest BCUT2D eigenvalue weighted by Crippen LogP contribution is -2.41. The molecule has 0 radical (unpaired) electrons. The van der Waals surface area contributed by atoms with Gasteiger partial charge in [0.25, 0.3) is 0 Å². The van der Waals surface area contributed by atoms with Crippen molar-refractivity contribution in [2.45, 2.75) is 37.7 Å². The standard InChI is InChI=1S/C22H18F3N3O4/c23-22(24,25)21(31)17-5-2-1-4-15(17)20-16(8-13(10-27-32)9-18(20)21)14-11-26-28(12-14)7-3-6-19(29)30/h1-2,4-5,8-9,11-12,31H,3,6-7,10H2,(H,29,30). The van der Waals surface area contributed by atoms with Gasteiger partial charge in [-0.1, -0.05) is 29.4 Å². The van der Waals surface area contributed by atoms with E-state index < -0.39 is 17.7 Å². The summed E-state index contributed by atoms with van der Waals surface area (Å²) < 4.78 is 44.0. The first-order valence-electron chi connectivity index (χ1n) is 9.77. The third kappa shape index (κ3) is 3.46. The Labute approximate surface area is 180 Å². The highest BCUT2D eigenvalue weighted by Gasteiger charge is 2.61. The van der Waals surface area contributed by atoms with Gasteiger partial charge in [-0.25, -0.2) is 0 Å². The lowest BCUT2D eigenvalue weighted by Gasteiger charge is -2.28. The zero-order valence-corrected chi connectivity index (χ0v) is 16.6. The van der Waals surface area contributed by atoms with Gasteiger partial charge in [0.1, 0.15) is 6.54 Å². The average molecular weight is 445 g/mol. The number of fused-ring (bicyclic) bond motifs is 3. The Kier molecular flexibility index (Phi) is 5.33. The van der Waals surface area contributed by atoms with Crippen LogP contribution in [0.1, 0.15) is 29.5 Å². The summed E-state index contributed by atoms with van der Waals surface area (Å²) in [6.45, 7) is -0.0511. The monoisotopic (exact) mass is 445 g/mol. The molecule has 0 saturated heterocycles. The zero-order valence-electron chi connectivity index (χ0n) is 16.6. The topological polar surface area (TPSA) is 105 Å². The molecule has 1 aliphatic carbocycles. The minimum atomic E-state index is -5.00. The van der Waals surface area contributed by atoms with E-state index in [-0.39, 0.29) is 40.8 Å². The predicted molar refractivity (Wildman–Crippen MR) is 109 cm³/mol. The normalized spacial score (nSPS) is 17.1. The van der Waals surface area contributed by atoms with Crippen LogP contribution in [0.5, 0.6) is 0 Å². The van der Waals surface area contributed by atoms with E-state index >= 15 is 0 Å². The molecule has 2 N–H and O–H groups in total. The van der Waals surface area contributed by atoms with Crippen LogP contribution in [-0.2, 0) is 23.5 Å². The maximum atomic E-state index is 14.2. The van der Waals surface area contributed by atoms with Crippen molar-refractivity contribution in [1.29, 1.82) is 0 Å². The van der Waals surface area contributed by atoms with Crippen LogP contribution in [0, 0.1) is 4.91 Å². The molecular weight excluding hydrogens is 427 g/mol. The van der Waals surface area contributed by atoms with E-state index in [1.54, 1.807) is 18.3 Å². The number of aryl methyl sites for hydroxylation is 1. The van der Waals surface area contributed by atoms with E-state index in [4.69, 9.17) is 5.11 Å². The number of carboxylic acid groups (broad SMARTS) is 1. The quantitative estimate of drug-likeness (QED) is 0.523. The molecule has 1 aliphatic rings. The van der Waals surface area contributed by atoms with E-state index in [0.717, 1.165) is 0 Å². The van der Waals surface area contributed by atoms with Gasteiger partial charge < -0.3 is 10.2 Å². The number of aliphatic hydroxyl groups is 1. The van der Waals surface area contributed by atoms with Crippen molar-refractivity contribution in [1.82, 2.24) is 9.78 Å². The fourth-order valence-electron chi connectivity index (χ4n) is 4.16. The molecule has 10 heteroatoms. The highest BCUT2D eigenvalue weighted by Crippen LogP contribution is 2.57. The molecular formula is C22H18F3N3O4. The van der Waals surface area contributed by atoms with E-state index in [9.17, 15) is 28.0 Å². The number of nitroso groups, excluding NO2 is 1. The number of carbonyl (C=O) groups is 1. The van der Waals surface area contributed by atoms with Crippen LogP contribution in [0.15, 0.2) is 54.0 Å². The van der Waals surface area contributed by atoms with Crippen molar-refractivity contribution in [3.05, 3.63) is 70.4 Å². The Balaban J connectivity index is 1.90. The lowest BCUT2D eigenvalue weighted by molar-refractivity contribution is -0.246. The van der Waals surface area contributed by atoms with Crippen LogP contribution in [0.3, 0.4) is 0 Å². The molecule has 7 nitrogen and oxygen atoms in total. The highest BCUT2D eigenvalue weighted by atomic mass is 19.4. The SMILES string of the molecule is O=NCc1cc(-c2cnn(CCCC(=O)O)c2)c2c(c1)C(O)(C(F)(F)F)c1ccccc1-2. The molecule has 1 aromatic heterocycles. The van der Waals surface area contributed by atoms with Gasteiger partial charge in [-0.05, 0) is 40.8 Å². The summed E-state index contributed by atoms with van der Waals surface area (Å²) in [6, 6.07) is 8.50. The third-order valence-electron chi connectivity index (χ3n) is 5.55. The molecule has 2 aromatic carbocycles. The number of alkyl halides is 3. The van der Waals surface area contributed by atoms with Crippen LogP contribution < -0.4 is 0 Å². The molecule has 0 spiro atoms. The Morgan fingerprint density at radius 3 is 2.59 bits per heavy atom. The molecule has 0 saturated carbocycles. The first-order chi connectivity index (χ1) is 15.2. The number of halogens is 3. The van der Waals surface area contributed by atoms with Crippen molar-refractivity contribution in [2.24, 2.45) is 5.18 Å².